The molecule has 5 heterocycles. The second-order valence-electron chi connectivity index (χ2n) is 9.21. The van der Waals surface area contributed by atoms with Gasteiger partial charge in [-0.15, -0.1) is 0 Å². The van der Waals surface area contributed by atoms with Crippen molar-refractivity contribution in [2.45, 2.75) is 25.5 Å². The fourth-order valence-electron chi connectivity index (χ4n) is 5.23. The van der Waals surface area contributed by atoms with Crippen molar-refractivity contribution in [1.29, 1.82) is 0 Å². The first-order valence-corrected chi connectivity index (χ1v) is 12.2. The van der Waals surface area contributed by atoms with Crippen molar-refractivity contribution in [2.24, 2.45) is 0 Å². The molecular formula is C24H33N7O2. The number of morpholine rings is 1. The quantitative estimate of drug-likeness (QED) is 0.726. The molecule has 33 heavy (non-hydrogen) atoms. The number of piperazine rings is 1. The lowest BCUT2D eigenvalue weighted by molar-refractivity contribution is 0.122. The molecule has 4 aliphatic heterocycles. The fraction of sp³-hybridized carbons (Fsp3) is 0.583. The molecule has 1 aromatic heterocycles. The van der Waals surface area contributed by atoms with Crippen LogP contribution < -0.4 is 25.2 Å². The van der Waals surface area contributed by atoms with E-state index in [1.165, 1.54) is 5.69 Å². The van der Waals surface area contributed by atoms with Gasteiger partial charge >= 0.3 is 0 Å². The van der Waals surface area contributed by atoms with Crippen molar-refractivity contribution in [3.05, 3.63) is 30.1 Å². The molecule has 4 aliphatic rings. The minimum absolute atomic E-state index is 0.0988. The maximum absolute atomic E-state index is 6.54. The summed E-state index contributed by atoms with van der Waals surface area (Å²) in [6, 6.07) is 7.24. The van der Waals surface area contributed by atoms with E-state index in [-0.39, 0.29) is 6.10 Å². The van der Waals surface area contributed by atoms with E-state index in [2.05, 4.69) is 60.4 Å². The van der Waals surface area contributed by atoms with Gasteiger partial charge in [0.05, 0.1) is 24.5 Å². The number of fused-ring (bicyclic) bond motifs is 2. The highest BCUT2D eigenvalue weighted by Crippen LogP contribution is 2.43. The van der Waals surface area contributed by atoms with Gasteiger partial charge in [0.15, 0.2) is 0 Å². The average molecular weight is 452 g/mol. The molecule has 0 aliphatic carbocycles. The molecule has 0 radical (unpaired) electrons. The Bertz CT molecular complexity index is 985. The summed E-state index contributed by atoms with van der Waals surface area (Å²) in [7, 11) is 0. The Hall–Kier alpha value is -2.62. The van der Waals surface area contributed by atoms with Crippen LogP contribution in [0.1, 0.15) is 25.0 Å². The molecule has 1 atom stereocenters. The molecule has 2 aromatic rings. The number of nitrogens with zero attached hydrogens (tertiary/aromatic N) is 5. The van der Waals surface area contributed by atoms with Crippen LogP contribution in [0, 0.1) is 0 Å². The van der Waals surface area contributed by atoms with Gasteiger partial charge in [0, 0.05) is 64.1 Å². The summed E-state index contributed by atoms with van der Waals surface area (Å²) in [5.74, 6) is 2.67. The van der Waals surface area contributed by atoms with Crippen LogP contribution in [0.5, 0.6) is 5.75 Å². The van der Waals surface area contributed by atoms with Crippen LogP contribution in [0.3, 0.4) is 0 Å². The topological polar surface area (TPSA) is 78.0 Å². The second-order valence-corrected chi connectivity index (χ2v) is 9.21. The number of hydrogen-bond acceptors (Lipinski definition) is 9. The number of anilines is 4. The molecule has 0 spiro atoms. The van der Waals surface area contributed by atoms with Gasteiger partial charge in [0.25, 0.3) is 0 Å². The van der Waals surface area contributed by atoms with E-state index in [4.69, 9.17) is 9.47 Å². The van der Waals surface area contributed by atoms with Crippen LogP contribution >= 0.6 is 0 Å². The van der Waals surface area contributed by atoms with Gasteiger partial charge in [-0.25, -0.2) is 9.97 Å². The van der Waals surface area contributed by atoms with E-state index < -0.39 is 0 Å². The Morgan fingerprint density at radius 1 is 1.00 bits per heavy atom. The van der Waals surface area contributed by atoms with Gasteiger partial charge < -0.3 is 29.9 Å². The van der Waals surface area contributed by atoms with Crippen molar-refractivity contribution in [3.63, 3.8) is 0 Å². The molecule has 6 rings (SSSR count). The van der Waals surface area contributed by atoms with Crippen LogP contribution in [0.4, 0.5) is 23.0 Å². The molecule has 3 fully saturated rings. The zero-order chi connectivity index (χ0) is 22.2. The predicted octanol–water partition coefficient (Wildman–Crippen LogP) is 1.99. The zero-order valence-electron chi connectivity index (χ0n) is 19.3. The summed E-state index contributed by atoms with van der Waals surface area (Å²) in [6.45, 7) is 11.9. The first-order valence-electron chi connectivity index (χ1n) is 12.2. The van der Waals surface area contributed by atoms with E-state index in [1.54, 1.807) is 6.33 Å². The fourth-order valence-corrected chi connectivity index (χ4v) is 5.23. The molecule has 0 amide bonds. The summed E-state index contributed by atoms with van der Waals surface area (Å²) in [5.41, 5.74) is 3.25. The number of aromatic nitrogens is 2. The molecule has 0 bridgehead atoms. The van der Waals surface area contributed by atoms with E-state index in [0.717, 1.165) is 107 Å². The monoisotopic (exact) mass is 451 g/mol. The third-order valence-corrected chi connectivity index (χ3v) is 7.31. The Labute approximate surface area is 195 Å². The molecule has 0 saturated carbocycles. The van der Waals surface area contributed by atoms with Crippen LogP contribution in [0.2, 0.25) is 0 Å². The number of rotatable bonds is 4. The van der Waals surface area contributed by atoms with E-state index >= 15 is 0 Å². The molecule has 2 N–H and O–H groups in total. The Balaban J connectivity index is 1.26. The van der Waals surface area contributed by atoms with Crippen molar-refractivity contribution in [2.75, 3.05) is 80.7 Å². The lowest BCUT2D eigenvalue weighted by atomic mass is 10.1. The maximum Gasteiger partial charge on any atom is 0.143 e. The van der Waals surface area contributed by atoms with Crippen molar-refractivity contribution in [3.8, 4) is 5.75 Å². The van der Waals surface area contributed by atoms with Gasteiger partial charge in [0.2, 0.25) is 0 Å². The standard InChI is InChI=1S/C24H33N7O2/c1-2-20-22-23(26-16-27-24(22)31-9-11-32-12-10-31)28-19-13-17(3-4-21(19)33-20)29-5-7-30(8-6-29)18-14-25-15-18/h3-4,13,16,18,20,25H,2,5-12,14-15H2,1H3,(H,26,27,28)/t20-/m1/s1. The van der Waals surface area contributed by atoms with Gasteiger partial charge in [-0.2, -0.15) is 0 Å². The van der Waals surface area contributed by atoms with Gasteiger partial charge in [-0.05, 0) is 24.6 Å². The lowest BCUT2D eigenvalue weighted by Gasteiger charge is -2.44. The number of ether oxygens (including phenoxy) is 2. The zero-order valence-corrected chi connectivity index (χ0v) is 19.3. The minimum Gasteiger partial charge on any atom is -0.483 e. The number of hydrogen-bond donors (Lipinski definition) is 2. The van der Waals surface area contributed by atoms with Gasteiger partial charge in [0.1, 0.15) is 29.8 Å². The summed E-state index contributed by atoms with van der Waals surface area (Å²) in [6.07, 6.45) is 2.41. The molecule has 1 aromatic carbocycles. The smallest absolute Gasteiger partial charge is 0.143 e. The largest absolute Gasteiger partial charge is 0.483 e. The van der Waals surface area contributed by atoms with Crippen LogP contribution in [0.25, 0.3) is 0 Å². The van der Waals surface area contributed by atoms with Crippen LogP contribution in [0.15, 0.2) is 24.5 Å². The van der Waals surface area contributed by atoms with Crippen molar-refractivity contribution >= 4 is 23.0 Å². The van der Waals surface area contributed by atoms with E-state index in [1.807, 2.05) is 0 Å². The first kappa shape index (κ1) is 20.9. The highest BCUT2D eigenvalue weighted by atomic mass is 16.5. The molecule has 9 heteroatoms. The van der Waals surface area contributed by atoms with E-state index in [9.17, 15) is 0 Å². The lowest BCUT2D eigenvalue weighted by Crippen LogP contribution is -2.61. The Morgan fingerprint density at radius 2 is 1.82 bits per heavy atom. The third kappa shape index (κ3) is 3.98. The summed E-state index contributed by atoms with van der Waals surface area (Å²) in [5, 5.41) is 6.98. The normalized spacial score (nSPS) is 23.6. The van der Waals surface area contributed by atoms with Gasteiger partial charge in [-0.1, -0.05) is 6.92 Å². The van der Waals surface area contributed by atoms with Crippen molar-refractivity contribution in [1.82, 2.24) is 20.2 Å². The molecule has 3 saturated heterocycles. The Kier molecular flexibility index (Phi) is 5.69. The summed E-state index contributed by atoms with van der Waals surface area (Å²) in [4.78, 5) is 16.7. The molecular weight excluding hydrogens is 418 g/mol. The predicted molar refractivity (Wildman–Crippen MR) is 129 cm³/mol. The molecule has 0 unspecified atom stereocenters. The molecule has 9 nitrogen and oxygen atoms in total. The highest BCUT2D eigenvalue weighted by molar-refractivity contribution is 5.75. The van der Waals surface area contributed by atoms with Gasteiger partial charge in [-0.3, -0.25) is 4.90 Å². The van der Waals surface area contributed by atoms with E-state index in [0.29, 0.717) is 0 Å². The molecule has 176 valence electrons. The number of benzene rings is 1. The average Bonchev–Trinajstić information content (AvgIpc) is 2.99. The first-order chi connectivity index (χ1) is 16.3. The SMILES string of the molecule is CC[C@H]1Oc2ccc(N3CCN(C4CNC4)CC3)cc2Nc2ncnc(N3CCOCC3)c21. The highest BCUT2D eigenvalue weighted by Gasteiger charge is 2.31. The van der Waals surface area contributed by atoms with Crippen LogP contribution in [-0.2, 0) is 4.74 Å². The Morgan fingerprint density at radius 3 is 2.55 bits per heavy atom. The van der Waals surface area contributed by atoms with Crippen molar-refractivity contribution < 1.29 is 9.47 Å². The third-order valence-electron chi connectivity index (χ3n) is 7.31. The summed E-state index contributed by atoms with van der Waals surface area (Å²) < 4.78 is 12.1. The second kappa shape index (κ2) is 8.96. The minimum atomic E-state index is -0.0988. The van der Waals surface area contributed by atoms with Crippen LogP contribution in [-0.4, -0.2) is 86.5 Å². The number of nitrogens with one attached hydrogen (secondary N) is 2. The maximum atomic E-state index is 6.54. The summed E-state index contributed by atoms with van der Waals surface area (Å²) >= 11 is 0.